The third-order valence-corrected chi connectivity index (χ3v) is 4.88. The highest BCUT2D eigenvalue weighted by Crippen LogP contribution is 2.18. The predicted molar refractivity (Wildman–Crippen MR) is 124 cm³/mol. The smallest absolute Gasteiger partial charge is 0.239 e. The lowest BCUT2D eigenvalue weighted by Gasteiger charge is -2.17. The van der Waals surface area contributed by atoms with Crippen LogP contribution in [0.2, 0.25) is 0 Å². The Kier molecular flexibility index (Phi) is 7.20. The summed E-state index contributed by atoms with van der Waals surface area (Å²) < 4.78 is 1.71. The second kappa shape index (κ2) is 10.0. The van der Waals surface area contributed by atoms with Crippen molar-refractivity contribution in [1.82, 2.24) is 14.7 Å². The van der Waals surface area contributed by atoms with E-state index in [0.717, 1.165) is 34.6 Å². The van der Waals surface area contributed by atoms with E-state index in [2.05, 4.69) is 15.7 Å². The minimum atomic E-state index is -0.211. The molecule has 31 heavy (non-hydrogen) atoms. The number of rotatable bonds is 8. The van der Waals surface area contributed by atoms with Crippen molar-refractivity contribution in [3.05, 3.63) is 71.4 Å². The Morgan fingerprint density at radius 2 is 1.61 bits per heavy atom. The fraction of sp³-hybridized carbons (Fsp3) is 0.292. The van der Waals surface area contributed by atoms with Gasteiger partial charge in [-0.25, -0.2) is 4.68 Å². The number of carbonyl (C=O) groups is 2. The molecule has 7 nitrogen and oxygen atoms in total. The number of likely N-dealkylation sites (N-methyl/N-ethyl adjacent to an activating group) is 1. The summed E-state index contributed by atoms with van der Waals surface area (Å²) in [6.45, 7) is 6.14. The highest BCUT2D eigenvalue weighted by atomic mass is 16.2. The SMILES string of the molecule is CCc1ccccc1NC(=O)CN(C)CC(=O)Nc1cc(C)nn1-c1ccc(C)cc1. The average Bonchev–Trinajstić information content (AvgIpc) is 3.08. The van der Waals surface area contributed by atoms with Crippen molar-refractivity contribution >= 4 is 23.3 Å². The summed E-state index contributed by atoms with van der Waals surface area (Å²) >= 11 is 0. The summed E-state index contributed by atoms with van der Waals surface area (Å²) in [6.07, 6.45) is 0.836. The number of nitrogens with one attached hydrogen (secondary N) is 2. The maximum Gasteiger partial charge on any atom is 0.239 e. The third kappa shape index (κ3) is 6.02. The normalized spacial score (nSPS) is 10.9. The minimum absolute atomic E-state index is 0.0843. The monoisotopic (exact) mass is 419 g/mol. The molecule has 0 unspecified atom stereocenters. The lowest BCUT2D eigenvalue weighted by molar-refractivity contribution is -0.119. The van der Waals surface area contributed by atoms with E-state index < -0.39 is 0 Å². The molecule has 7 heteroatoms. The van der Waals surface area contributed by atoms with Crippen LogP contribution < -0.4 is 10.6 Å². The van der Waals surface area contributed by atoms with Crippen LogP contribution in [0.25, 0.3) is 5.69 Å². The number of amides is 2. The van der Waals surface area contributed by atoms with Crippen molar-refractivity contribution in [2.45, 2.75) is 27.2 Å². The summed E-state index contributed by atoms with van der Waals surface area (Å²) in [4.78, 5) is 26.7. The van der Waals surface area contributed by atoms with Crippen LogP contribution >= 0.6 is 0 Å². The molecule has 162 valence electrons. The first kappa shape index (κ1) is 22.2. The Balaban J connectivity index is 1.58. The van der Waals surface area contributed by atoms with Crippen LogP contribution in [0, 0.1) is 13.8 Å². The van der Waals surface area contributed by atoms with Crippen LogP contribution in [0.3, 0.4) is 0 Å². The number of aryl methyl sites for hydroxylation is 3. The van der Waals surface area contributed by atoms with Gasteiger partial charge in [0, 0.05) is 11.8 Å². The number of para-hydroxylation sites is 1. The number of hydrogen-bond donors (Lipinski definition) is 2. The van der Waals surface area contributed by atoms with Gasteiger partial charge in [-0.3, -0.25) is 14.5 Å². The molecule has 0 fully saturated rings. The maximum atomic E-state index is 12.6. The number of aromatic nitrogens is 2. The Bertz CT molecular complexity index is 1060. The largest absolute Gasteiger partial charge is 0.325 e. The van der Waals surface area contributed by atoms with E-state index in [1.165, 1.54) is 0 Å². The lowest BCUT2D eigenvalue weighted by atomic mass is 10.1. The summed E-state index contributed by atoms with van der Waals surface area (Å²) in [7, 11) is 1.74. The zero-order chi connectivity index (χ0) is 22.4. The van der Waals surface area contributed by atoms with Gasteiger partial charge < -0.3 is 10.6 Å². The Labute approximate surface area is 183 Å². The molecule has 0 bridgehead atoms. The number of benzene rings is 2. The number of hydrogen-bond acceptors (Lipinski definition) is 4. The third-order valence-electron chi connectivity index (χ3n) is 4.88. The molecule has 1 aromatic heterocycles. The van der Waals surface area contributed by atoms with E-state index in [1.807, 2.05) is 75.4 Å². The average molecular weight is 420 g/mol. The number of nitrogens with zero attached hydrogens (tertiary/aromatic N) is 3. The molecule has 0 aliphatic heterocycles. The van der Waals surface area contributed by atoms with Crippen molar-refractivity contribution < 1.29 is 9.59 Å². The van der Waals surface area contributed by atoms with Crippen LogP contribution in [0.15, 0.2) is 54.6 Å². The zero-order valence-corrected chi connectivity index (χ0v) is 18.5. The van der Waals surface area contributed by atoms with Gasteiger partial charge in [-0.15, -0.1) is 0 Å². The predicted octanol–water partition coefficient (Wildman–Crippen LogP) is 3.56. The number of anilines is 2. The standard InChI is InChI=1S/C24H29N5O2/c1-5-19-8-6-7-9-21(19)25-23(30)15-28(4)16-24(31)26-22-14-18(3)27-29(22)20-12-10-17(2)11-13-20/h6-14H,5,15-16H2,1-4H3,(H,25,30)(H,26,31). The zero-order valence-electron chi connectivity index (χ0n) is 18.5. The molecule has 0 aliphatic carbocycles. The molecule has 3 rings (SSSR count). The second-order valence-corrected chi connectivity index (χ2v) is 7.70. The summed E-state index contributed by atoms with van der Waals surface area (Å²) in [5, 5.41) is 10.3. The number of carbonyl (C=O) groups excluding carboxylic acids is 2. The first-order valence-electron chi connectivity index (χ1n) is 10.4. The summed E-state index contributed by atoms with van der Waals surface area (Å²) in [6, 6.07) is 17.5. The Hall–Kier alpha value is -3.45. The summed E-state index contributed by atoms with van der Waals surface area (Å²) in [5.74, 6) is 0.232. The van der Waals surface area contributed by atoms with E-state index in [4.69, 9.17) is 0 Å². The lowest BCUT2D eigenvalue weighted by Crippen LogP contribution is -2.36. The van der Waals surface area contributed by atoms with E-state index in [1.54, 1.807) is 16.6 Å². The highest BCUT2D eigenvalue weighted by molar-refractivity contribution is 5.94. The molecule has 2 aromatic carbocycles. The first-order valence-corrected chi connectivity index (χ1v) is 10.4. The van der Waals surface area contributed by atoms with Gasteiger partial charge in [-0.1, -0.05) is 42.8 Å². The summed E-state index contributed by atoms with van der Waals surface area (Å²) in [5.41, 5.74) is 4.72. The Morgan fingerprint density at radius 3 is 2.29 bits per heavy atom. The molecule has 0 aliphatic rings. The maximum absolute atomic E-state index is 12.6. The van der Waals surface area contributed by atoms with E-state index in [-0.39, 0.29) is 24.9 Å². The van der Waals surface area contributed by atoms with Crippen molar-refractivity contribution in [3.63, 3.8) is 0 Å². The first-order chi connectivity index (χ1) is 14.9. The van der Waals surface area contributed by atoms with Gasteiger partial charge >= 0.3 is 0 Å². The fourth-order valence-electron chi connectivity index (χ4n) is 3.34. The molecular weight excluding hydrogens is 390 g/mol. The fourth-order valence-corrected chi connectivity index (χ4v) is 3.34. The molecule has 3 aromatic rings. The molecular formula is C24H29N5O2. The minimum Gasteiger partial charge on any atom is -0.325 e. The van der Waals surface area contributed by atoms with E-state index in [0.29, 0.717) is 5.82 Å². The van der Waals surface area contributed by atoms with Gasteiger partial charge in [0.25, 0.3) is 0 Å². The van der Waals surface area contributed by atoms with Crippen LogP contribution in [-0.4, -0.2) is 46.6 Å². The second-order valence-electron chi connectivity index (χ2n) is 7.70. The molecule has 2 N–H and O–H groups in total. The van der Waals surface area contributed by atoms with Crippen molar-refractivity contribution in [2.24, 2.45) is 0 Å². The molecule has 0 saturated heterocycles. The molecule has 1 heterocycles. The van der Waals surface area contributed by atoms with Crippen molar-refractivity contribution in [1.29, 1.82) is 0 Å². The topological polar surface area (TPSA) is 79.3 Å². The highest BCUT2D eigenvalue weighted by Gasteiger charge is 2.15. The van der Waals surface area contributed by atoms with Crippen molar-refractivity contribution in [3.8, 4) is 5.69 Å². The van der Waals surface area contributed by atoms with Gasteiger partial charge in [0.2, 0.25) is 11.8 Å². The van der Waals surface area contributed by atoms with Gasteiger partial charge in [0.15, 0.2) is 0 Å². The molecule has 2 amide bonds. The van der Waals surface area contributed by atoms with Gasteiger partial charge in [-0.05, 0) is 51.1 Å². The van der Waals surface area contributed by atoms with Crippen LogP contribution in [0.4, 0.5) is 11.5 Å². The van der Waals surface area contributed by atoms with Crippen LogP contribution in [0.5, 0.6) is 0 Å². The van der Waals surface area contributed by atoms with Gasteiger partial charge in [-0.2, -0.15) is 5.10 Å². The van der Waals surface area contributed by atoms with Crippen LogP contribution in [-0.2, 0) is 16.0 Å². The molecule has 0 spiro atoms. The molecule has 0 radical (unpaired) electrons. The van der Waals surface area contributed by atoms with Crippen molar-refractivity contribution in [2.75, 3.05) is 30.8 Å². The van der Waals surface area contributed by atoms with Gasteiger partial charge in [0.1, 0.15) is 5.82 Å². The quantitative estimate of drug-likeness (QED) is 0.585. The molecule has 0 atom stereocenters. The van der Waals surface area contributed by atoms with E-state index in [9.17, 15) is 9.59 Å². The Morgan fingerprint density at radius 1 is 0.968 bits per heavy atom. The molecule has 0 saturated carbocycles. The van der Waals surface area contributed by atoms with Gasteiger partial charge in [0.05, 0.1) is 24.5 Å². The van der Waals surface area contributed by atoms with E-state index >= 15 is 0 Å². The van der Waals surface area contributed by atoms with Crippen LogP contribution in [0.1, 0.15) is 23.7 Å².